The first-order valence-electron chi connectivity index (χ1n) is 8.67. The van der Waals surface area contributed by atoms with Gasteiger partial charge in [-0.25, -0.2) is 4.39 Å². The fraction of sp³-hybridized carbons (Fsp3) is 0.250. The Balaban J connectivity index is 1.72. The van der Waals surface area contributed by atoms with Crippen LogP contribution in [0.4, 0.5) is 4.39 Å². The number of hydrogen-bond donors (Lipinski definition) is 3. The van der Waals surface area contributed by atoms with E-state index in [-0.39, 0.29) is 17.1 Å². The molecule has 0 aliphatic carbocycles. The van der Waals surface area contributed by atoms with Crippen molar-refractivity contribution < 1.29 is 14.9 Å². The van der Waals surface area contributed by atoms with Crippen molar-refractivity contribution in [2.45, 2.75) is 18.2 Å². The highest BCUT2D eigenvalue weighted by Crippen LogP contribution is 2.25. The minimum Gasteiger partial charge on any atom is -0.358 e. The smallest absolute Gasteiger partial charge is 0.267 e. The van der Waals surface area contributed by atoms with Gasteiger partial charge in [0.1, 0.15) is 11.5 Å². The zero-order valence-electron chi connectivity index (χ0n) is 14.4. The van der Waals surface area contributed by atoms with Gasteiger partial charge in [-0.2, -0.15) is 0 Å². The van der Waals surface area contributed by atoms with Crippen LogP contribution in [0.2, 0.25) is 0 Å². The van der Waals surface area contributed by atoms with Gasteiger partial charge >= 0.3 is 0 Å². The van der Waals surface area contributed by atoms with Gasteiger partial charge in [-0.1, -0.05) is 24.3 Å². The maximum Gasteiger partial charge on any atom is 0.267 e. The Morgan fingerprint density at radius 3 is 2.62 bits per heavy atom. The Morgan fingerprint density at radius 1 is 1.15 bits per heavy atom. The fourth-order valence-electron chi connectivity index (χ4n) is 2.84. The van der Waals surface area contributed by atoms with Crippen molar-refractivity contribution in [1.82, 2.24) is 10.3 Å². The van der Waals surface area contributed by atoms with E-state index in [1.54, 1.807) is 12.1 Å². The number of aromatic nitrogens is 1. The van der Waals surface area contributed by atoms with Crippen molar-refractivity contribution in [2.75, 3.05) is 13.1 Å². The molecular weight excluding hydrogens is 353 g/mol. The number of H-pyrrole nitrogens is 1. The van der Waals surface area contributed by atoms with E-state index in [2.05, 4.69) is 16.0 Å². The molecule has 3 aromatic rings. The summed E-state index contributed by atoms with van der Waals surface area (Å²) in [5, 5.41) is 3.71. The van der Waals surface area contributed by atoms with Crippen molar-refractivity contribution in [1.29, 1.82) is 0 Å². The minimum absolute atomic E-state index is 0.0878. The molecule has 1 aromatic heterocycles. The quantitative estimate of drug-likeness (QED) is 0.545. The van der Waals surface area contributed by atoms with Gasteiger partial charge in [0, 0.05) is 17.4 Å². The molecule has 1 heterocycles. The second-order valence-electron chi connectivity index (χ2n) is 6.30. The number of carbonyl (C=O) groups excluding carboxylic acids is 1. The normalized spacial score (nSPS) is 12.3. The number of amides is 1. The van der Waals surface area contributed by atoms with Gasteiger partial charge in [0.2, 0.25) is 0 Å². The molecule has 0 saturated heterocycles. The fourth-order valence-corrected chi connectivity index (χ4v) is 3.07. The summed E-state index contributed by atoms with van der Waals surface area (Å²) in [4.78, 5) is 15.5. The van der Waals surface area contributed by atoms with Crippen LogP contribution in [0.3, 0.4) is 0 Å². The van der Waals surface area contributed by atoms with Crippen LogP contribution >= 0.6 is 11.6 Å². The molecule has 3 rings (SSSR count). The van der Waals surface area contributed by atoms with Gasteiger partial charge in [-0.15, -0.1) is 11.6 Å². The number of benzene rings is 2. The maximum absolute atomic E-state index is 13.1. The predicted molar refractivity (Wildman–Crippen MR) is 103 cm³/mol. The second kappa shape index (κ2) is 8.34. The van der Waals surface area contributed by atoms with Crippen LogP contribution in [0.1, 0.15) is 23.3 Å². The van der Waals surface area contributed by atoms with Gasteiger partial charge in [0.15, 0.2) is 0 Å². The predicted octanol–water partition coefficient (Wildman–Crippen LogP) is 3.33. The first-order chi connectivity index (χ1) is 12.6. The summed E-state index contributed by atoms with van der Waals surface area (Å²) in [6.07, 6.45) is 1.78. The topological polar surface area (TPSA) is 72.5 Å². The molecule has 0 bridgehead atoms. The highest BCUT2D eigenvalue weighted by atomic mass is 35.5. The average molecular weight is 375 g/mol. The van der Waals surface area contributed by atoms with Crippen LogP contribution in [-0.2, 0) is 0 Å². The summed E-state index contributed by atoms with van der Waals surface area (Å²) in [7, 11) is 0. The van der Waals surface area contributed by atoms with Gasteiger partial charge < -0.3 is 16.0 Å². The van der Waals surface area contributed by atoms with E-state index >= 15 is 0 Å². The van der Waals surface area contributed by atoms with Gasteiger partial charge in [-0.05, 0) is 48.2 Å². The lowest BCUT2D eigenvalue weighted by molar-refractivity contribution is -0.368. The zero-order chi connectivity index (χ0) is 18.5. The molecule has 0 aliphatic rings. The molecule has 0 unspecified atom stereocenters. The molecule has 6 heteroatoms. The number of carbonyl (C=O) groups is 1. The molecular formula is C20H22ClFN3O+. The number of nitrogens with one attached hydrogen (secondary N) is 2. The molecule has 0 spiro atoms. The van der Waals surface area contributed by atoms with E-state index < -0.39 is 0 Å². The summed E-state index contributed by atoms with van der Waals surface area (Å²) in [5.74, 6) is -0.439. The zero-order valence-corrected chi connectivity index (χ0v) is 15.2. The summed E-state index contributed by atoms with van der Waals surface area (Å²) in [5.41, 5.74) is 7.02. The van der Waals surface area contributed by atoms with Crippen LogP contribution in [0.25, 0.3) is 22.0 Å². The van der Waals surface area contributed by atoms with Crippen LogP contribution in [0, 0.1) is 5.82 Å². The third kappa shape index (κ3) is 4.42. The Bertz CT molecular complexity index is 892. The van der Waals surface area contributed by atoms with Crippen molar-refractivity contribution in [3.05, 3.63) is 60.0 Å². The molecule has 0 radical (unpaired) electrons. The lowest BCUT2D eigenvalue weighted by Crippen LogP contribution is -2.50. The summed E-state index contributed by atoms with van der Waals surface area (Å²) in [6, 6.07) is 14.0. The largest absolute Gasteiger partial charge is 0.358 e. The number of quaternary nitrogens is 1. The Morgan fingerprint density at radius 2 is 1.88 bits per heavy atom. The van der Waals surface area contributed by atoms with Gasteiger partial charge in [-0.3, -0.25) is 4.79 Å². The molecule has 0 fully saturated rings. The molecule has 0 aliphatic heterocycles. The molecule has 2 aromatic carbocycles. The number of halogens is 2. The average Bonchev–Trinajstić information content (AvgIpc) is 3.08. The van der Waals surface area contributed by atoms with Crippen LogP contribution in [0.15, 0.2) is 48.5 Å². The van der Waals surface area contributed by atoms with E-state index in [0.717, 1.165) is 41.4 Å². The van der Waals surface area contributed by atoms with E-state index in [1.165, 1.54) is 12.1 Å². The molecule has 26 heavy (non-hydrogen) atoms. The van der Waals surface area contributed by atoms with E-state index in [4.69, 9.17) is 11.6 Å². The lowest BCUT2D eigenvalue weighted by Gasteiger charge is -2.09. The molecule has 1 amide bonds. The van der Waals surface area contributed by atoms with Crippen molar-refractivity contribution in [3.8, 4) is 11.1 Å². The van der Waals surface area contributed by atoms with Crippen molar-refractivity contribution in [3.63, 3.8) is 0 Å². The van der Waals surface area contributed by atoms with Gasteiger partial charge in [0.25, 0.3) is 5.91 Å². The van der Waals surface area contributed by atoms with Crippen molar-refractivity contribution >= 4 is 28.4 Å². The van der Waals surface area contributed by atoms with Crippen molar-refractivity contribution in [2.24, 2.45) is 0 Å². The molecule has 4 nitrogen and oxygen atoms in total. The Labute approximate surface area is 156 Å². The summed E-state index contributed by atoms with van der Waals surface area (Å²) < 4.78 is 13.1. The van der Waals surface area contributed by atoms with Crippen LogP contribution in [-0.4, -0.2) is 29.4 Å². The maximum atomic E-state index is 13.1. The third-order valence-corrected chi connectivity index (χ3v) is 4.67. The minimum atomic E-state index is -0.263. The molecule has 0 saturated carbocycles. The highest BCUT2D eigenvalue weighted by Gasteiger charge is 2.12. The second-order valence-corrected chi connectivity index (χ2v) is 6.91. The van der Waals surface area contributed by atoms with E-state index in [9.17, 15) is 9.18 Å². The first-order valence-corrected chi connectivity index (χ1v) is 9.10. The molecule has 136 valence electrons. The third-order valence-electron chi connectivity index (χ3n) is 4.30. The summed E-state index contributed by atoms with van der Waals surface area (Å²) in [6.45, 7) is 1.27. The number of aromatic amines is 1. The SMILES string of the molecule is [NH3+]CCC[C@@H](Cl)CNC(=O)c1cc2ccc(-c3ccc(F)cc3)cc2[nH]1. The van der Waals surface area contributed by atoms with Crippen LogP contribution < -0.4 is 11.1 Å². The van der Waals surface area contributed by atoms with Crippen LogP contribution in [0.5, 0.6) is 0 Å². The number of alkyl halides is 1. The first kappa shape index (κ1) is 18.4. The number of rotatable bonds is 7. The number of fused-ring (bicyclic) bond motifs is 1. The van der Waals surface area contributed by atoms with E-state index in [1.807, 2.05) is 24.3 Å². The molecule has 1 atom stereocenters. The lowest BCUT2D eigenvalue weighted by atomic mass is 10.0. The molecule has 5 N–H and O–H groups in total. The highest BCUT2D eigenvalue weighted by molar-refractivity contribution is 6.21. The standard InChI is InChI=1S/C20H21ClFN3O/c21-16(2-1-9-23)12-24-20(26)19-11-15-4-3-14(10-18(15)25-19)13-5-7-17(22)8-6-13/h3-8,10-11,16,25H,1-2,9,12,23H2,(H,24,26)/p+1/t16-/m1/s1. The van der Waals surface area contributed by atoms with E-state index in [0.29, 0.717) is 12.2 Å². The van der Waals surface area contributed by atoms with Gasteiger partial charge in [0.05, 0.1) is 11.9 Å². The summed E-state index contributed by atoms with van der Waals surface area (Å²) >= 11 is 6.19. The monoisotopic (exact) mass is 374 g/mol. The Kier molecular flexibility index (Phi) is 5.91. The Hall–Kier alpha value is -2.37. The number of hydrogen-bond acceptors (Lipinski definition) is 1.